The molecule has 124 valence electrons. The number of urea groups is 1. The number of para-hydroxylation sites is 1. The lowest BCUT2D eigenvalue weighted by Crippen LogP contribution is -2.52. The van der Waals surface area contributed by atoms with Crippen molar-refractivity contribution in [2.24, 2.45) is 0 Å². The summed E-state index contributed by atoms with van der Waals surface area (Å²) in [6.07, 6.45) is 2.38. The quantitative estimate of drug-likeness (QED) is 0.856. The van der Waals surface area contributed by atoms with Crippen LogP contribution in [0.5, 0.6) is 0 Å². The van der Waals surface area contributed by atoms with Gasteiger partial charge in [0, 0.05) is 50.9 Å². The van der Waals surface area contributed by atoms with E-state index in [9.17, 15) is 9.59 Å². The molecule has 0 spiro atoms. The van der Waals surface area contributed by atoms with Gasteiger partial charge in [-0.05, 0) is 25.0 Å². The molecule has 2 heterocycles. The van der Waals surface area contributed by atoms with Crippen molar-refractivity contribution >= 4 is 17.6 Å². The van der Waals surface area contributed by atoms with Crippen molar-refractivity contribution in [1.82, 2.24) is 15.5 Å². The van der Waals surface area contributed by atoms with Crippen molar-refractivity contribution < 1.29 is 9.59 Å². The molecule has 0 radical (unpaired) electrons. The molecule has 0 saturated carbocycles. The van der Waals surface area contributed by atoms with Crippen LogP contribution in [-0.4, -0.2) is 55.6 Å². The number of anilines is 1. The second kappa shape index (κ2) is 7.46. The van der Waals surface area contributed by atoms with Gasteiger partial charge in [-0.15, -0.1) is 0 Å². The Kier molecular flexibility index (Phi) is 5.12. The van der Waals surface area contributed by atoms with E-state index in [-0.39, 0.29) is 11.9 Å². The molecule has 6 nitrogen and oxygen atoms in total. The molecule has 1 aromatic rings. The molecular weight excluding hydrogens is 292 g/mol. The summed E-state index contributed by atoms with van der Waals surface area (Å²) in [5, 5.41) is 5.84. The second-order valence-electron chi connectivity index (χ2n) is 6.12. The molecule has 1 aromatic carbocycles. The molecule has 2 aliphatic rings. The van der Waals surface area contributed by atoms with Crippen LogP contribution >= 0.6 is 0 Å². The zero-order chi connectivity index (χ0) is 16.1. The Bertz CT molecular complexity index is 549. The fourth-order valence-electron chi connectivity index (χ4n) is 3.31. The SMILES string of the molecule is O=C1CCN(CCCC2CNCCN2c2ccccc2)C(=O)N1. The first-order chi connectivity index (χ1) is 11.2. The topological polar surface area (TPSA) is 64.7 Å². The lowest BCUT2D eigenvalue weighted by atomic mass is 10.1. The molecule has 0 aromatic heterocycles. The van der Waals surface area contributed by atoms with Gasteiger partial charge in [0.25, 0.3) is 0 Å². The largest absolute Gasteiger partial charge is 0.366 e. The Morgan fingerprint density at radius 3 is 2.74 bits per heavy atom. The number of carbonyl (C=O) groups excluding carboxylic acids is 2. The number of imide groups is 1. The third kappa shape index (κ3) is 4.01. The van der Waals surface area contributed by atoms with Crippen molar-refractivity contribution in [2.75, 3.05) is 37.6 Å². The van der Waals surface area contributed by atoms with Gasteiger partial charge in [-0.25, -0.2) is 4.79 Å². The van der Waals surface area contributed by atoms with E-state index in [1.165, 1.54) is 5.69 Å². The molecule has 3 rings (SSSR count). The zero-order valence-electron chi connectivity index (χ0n) is 13.3. The van der Waals surface area contributed by atoms with Gasteiger partial charge in [0.2, 0.25) is 5.91 Å². The summed E-state index contributed by atoms with van der Waals surface area (Å²) in [5.74, 6) is -0.169. The molecule has 1 unspecified atom stereocenters. The Morgan fingerprint density at radius 2 is 1.96 bits per heavy atom. The maximum Gasteiger partial charge on any atom is 0.324 e. The maximum absolute atomic E-state index is 11.7. The Morgan fingerprint density at radius 1 is 1.13 bits per heavy atom. The number of rotatable bonds is 5. The van der Waals surface area contributed by atoms with Crippen molar-refractivity contribution in [3.63, 3.8) is 0 Å². The van der Waals surface area contributed by atoms with Gasteiger partial charge < -0.3 is 15.1 Å². The van der Waals surface area contributed by atoms with Gasteiger partial charge in [0.15, 0.2) is 0 Å². The van der Waals surface area contributed by atoms with Crippen molar-refractivity contribution in [1.29, 1.82) is 0 Å². The van der Waals surface area contributed by atoms with Gasteiger partial charge in [0.1, 0.15) is 0 Å². The van der Waals surface area contributed by atoms with E-state index in [0.29, 0.717) is 25.6 Å². The smallest absolute Gasteiger partial charge is 0.324 e. The Hall–Kier alpha value is -2.08. The third-order valence-corrected chi connectivity index (χ3v) is 4.55. The maximum atomic E-state index is 11.7. The fraction of sp³-hybridized carbons (Fsp3) is 0.529. The summed E-state index contributed by atoms with van der Waals surface area (Å²) in [7, 11) is 0. The van der Waals surface area contributed by atoms with Crippen molar-refractivity contribution in [2.45, 2.75) is 25.3 Å². The van der Waals surface area contributed by atoms with E-state index in [0.717, 1.165) is 32.5 Å². The molecule has 2 fully saturated rings. The van der Waals surface area contributed by atoms with Crippen LogP contribution in [0.1, 0.15) is 19.3 Å². The Labute approximate surface area is 136 Å². The number of benzene rings is 1. The number of piperazine rings is 1. The average molecular weight is 316 g/mol. The van der Waals surface area contributed by atoms with E-state index < -0.39 is 0 Å². The minimum Gasteiger partial charge on any atom is -0.366 e. The van der Waals surface area contributed by atoms with Crippen LogP contribution < -0.4 is 15.5 Å². The van der Waals surface area contributed by atoms with Gasteiger partial charge >= 0.3 is 6.03 Å². The number of hydrogen-bond acceptors (Lipinski definition) is 4. The predicted octanol–water partition coefficient (Wildman–Crippen LogP) is 1.19. The number of carbonyl (C=O) groups is 2. The third-order valence-electron chi connectivity index (χ3n) is 4.55. The highest BCUT2D eigenvalue weighted by molar-refractivity contribution is 5.96. The molecule has 3 amide bonds. The van der Waals surface area contributed by atoms with Crippen molar-refractivity contribution in [3.05, 3.63) is 30.3 Å². The van der Waals surface area contributed by atoms with E-state index >= 15 is 0 Å². The standard InChI is InChI=1S/C17H24N4O2/c22-16-8-11-20(17(23)19-16)10-4-7-15-13-18-9-12-21(15)14-5-2-1-3-6-14/h1-3,5-6,15,18H,4,7-13H2,(H,19,22,23). The van der Waals surface area contributed by atoms with Gasteiger partial charge in [-0.3, -0.25) is 10.1 Å². The molecule has 2 N–H and O–H groups in total. The molecule has 1 atom stereocenters. The first-order valence-electron chi connectivity index (χ1n) is 8.35. The molecule has 0 aliphatic carbocycles. The van der Waals surface area contributed by atoms with Gasteiger partial charge in [0.05, 0.1) is 0 Å². The highest BCUT2D eigenvalue weighted by atomic mass is 16.2. The molecule has 2 saturated heterocycles. The molecule has 2 aliphatic heterocycles. The monoisotopic (exact) mass is 316 g/mol. The van der Waals surface area contributed by atoms with Crippen LogP contribution in [0.4, 0.5) is 10.5 Å². The lowest BCUT2D eigenvalue weighted by molar-refractivity contribution is -0.121. The highest BCUT2D eigenvalue weighted by Crippen LogP contribution is 2.20. The van der Waals surface area contributed by atoms with E-state index in [1.54, 1.807) is 4.90 Å². The molecular formula is C17H24N4O2. The summed E-state index contributed by atoms with van der Waals surface area (Å²) in [5.41, 5.74) is 1.26. The predicted molar refractivity (Wildman–Crippen MR) is 89.4 cm³/mol. The summed E-state index contributed by atoms with van der Waals surface area (Å²) in [6, 6.07) is 10.7. The van der Waals surface area contributed by atoms with Crippen LogP contribution in [0.2, 0.25) is 0 Å². The van der Waals surface area contributed by atoms with E-state index in [1.807, 2.05) is 6.07 Å². The number of hydrogen-bond donors (Lipinski definition) is 2. The summed E-state index contributed by atoms with van der Waals surface area (Å²) in [6.45, 7) is 4.23. The summed E-state index contributed by atoms with van der Waals surface area (Å²) < 4.78 is 0. The van der Waals surface area contributed by atoms with Gasteiger partial charge in [-0.2, -0.15) is 0 Å². The van der Waals surface area contributed by atoms with Crippen LogP contribution in [0.25, 0.3) is 0 Å². The number of amides is 3. The molecule has 23 heavy (non-hydrogen) atoms. The normalized spacial score (nSPS) is 22.2. The number of nitrogens with one attached hydrogen (secondary N) is 2. The summed E-state index contributed by atoms with van der Waals surface area (Å²) in [4.78, 5) is 27.1. The second-order valence-corrected chi connectivity index (χ2v) is 6.12. The van der Waals surface area contributed by atoms with E-state index in [2.05, 4.69) is 39.8 Å². The average Bonchev–Trinajstić information content (AvgIpc) is 2.58. The van der Waals surface area contributed by atoms with Crippen LogP contribution in [0, 0.1) is 0 Å². The van der Waals surface area contributed by atoms with Crippen LogP contribution in [-0.2, 0) is 4.79 Å². The highest BCUT2D eigenvalue weighted by Gasteiger charge is 2.25. The lowest BCUT2D eigenvalue weighted by Gasteiger charge is -2.38. The first kappa shape index (κ1) is 15.8. The van der Waals surface area contributed by atoms with Crippen molar-refractivity contribution in [3.8, 4) is 0 Å². The van der Waals surface area contributed by atoms with Gasteiger partial charge in [-0.1, -0.05) is 18.2 Å². The molecule has 6 heteroatoms. The summed E-state index contributed by atoms with van der Waals surface area (Å²) >= 11 is 0. The van der Waals surface area contributed by atoms with Crippen LogP contribution in [0.3, 0.4) is 0 Å². The first-order valence-corrected chi connectivity index (χ1v) is 8.35. The Balaban J connectivity index is 1.52. The minimum atomic E-state index is -0.247. The molecule has 0 bridgehead atoms. The zero-order valence-corrected chi connectivity index (χ0v) is 13.3. The fourth-order valence-corrected chi connectivity index (χ4v) is 3.31. The van der Waals surface area contributed by atoms with Crippen LogP contribution in [0.15, 0.2) is 30.3 Å². The number of nitrogens with zero attached hydrogens (tertiary/aromatic N) is 2. The minimum absolute atomic E-state index is 0.169. The van der Waals surface area contributed by atoms with E-state index in [4.69, 9.17) is 0 Å².